The minimum Gasteiger partial charge on any atom is -0.355 e. The van der Waals surface area contributed by atoms with Gasteiger partial charge in [-0.15, -0.1) is 0 Å². The van der Waals surface area contributed by atoms with Crippen LogP contribution in [-0.4, -0.2) is 29.6 Å². The van der Waals surface area contributed by atoms with Crippen molar-refractivity contribution in [2.24, 2.45) is 11.8 Å². The quantitative estimate of drug-likeness (QED) is 0.866. The van der Waals surface area contributed by atoms with Crippen LogP contribution in [0.3, 0.4) is 0 Å². The summed E-state index contributed by atoms with van der Waals surface area (Å²) in [5.41, 5.74) is 1.02. The highest BCUT2D eigenvalue weighted by atomic mass is 15.2. The third-order valence-corrected chi connectivity index (χ3v) is 3.30. The van der Waals surface area contributed by atoms with Crippen LogP contribution in [-0.2, 0) is 6.54 Å². The molecule has 18 heavy (non-hydrogen) atoms. The fraction of sp³-hybridized carbons (Fsp3) is 0.714. The lowest BCUT2D eigenvalue weighted by Crippen LogP contribution is -2.22. The molecule has 0 amide bonds. The van der Waals surface area contributed by atoms with E-state index < -0.39 is 0 Å². The molecule has 0 bridgehead atoms. The van der Waals surface area contributed by atoms with Crippen molar-refractivity contribution in [3.05, 3.63) is 18.1 Å². The third-order valence-electron chi connectivity index (χ3n) is 3.30. The summed E-state index contributed by atoms with van der Waals surface area (Å²) in [6.07, 6.45) is 5.06. The highest BCUT2D eigenvalue weighted by Crippen LogP contribution is 2.20. The van der Waals surface area contributed by atoms with Crippen molar-refractivity contribution in [1.82, 2.24) is 15.3 Å². The van der Waals surface area contributed by atoms with Crippen LogP contribution in [0.5, 0.6) is 0 Å². The maximum absolute atomic E-state index is 4.52. The molecule has 0 radical (unpaired) electrons. The Morgan fingerprint density at radius 2 is 2.22 bits per heavy atom. The first-order chi connectivity index (χ1) is 8.65. The van der Waals surface area contributed by atoms with Gasteiger partial charge < -0.3 is 10.2 Å². The van der Waals surface area contributed by atoms with E-state index in [1.165, 1.54) is 6.42 Å². The Kier molecular flexibility index (Phi) is 4.53. The van der Waals surface area contributed by atoms with E-state index >= 15 is 0 Å². The Labute approximate surface area is 110 Å². The Balaban J connectivity index is 1.85. The van der Waals surface area contributed by atoms with Gasteiger partial charge in [-0.05, 0) is 24.8 Å². The van der Waals surface area contributed by atoms with Crippen molar-refractivity contribution >= 4 is 5.82 Å². The molecule has 0 spiro atoms. The Morgan fingerprint density at radius 3 is 2.78 bits per heavy atom. The van der Waals surface area contributed by atoms with E-state index in [1.54, 1.807) is 0 Å². The lowest BCUT2D eigenvalue weighted by Gasteiger charge is -2.16. The molecular weight excluding hydrogens is 224 g/mol. The summed E-state index contributed by atoms with van der Waals surface area (Å²) in [5.74, 6) is 2.47. The van der Waals surface area contributed by atoms with Crippen LogP contribution in [0, 0.1) is 11.8 Å². The van der Waals surface area contributed by atoms with Gasteiger partial charge in [-0.2, -0.15) is 0 Å². The standard InChI is InChI=1S/C14H24N4/c1-11(2)6-15-7-13-8-17-14(9-16-13)18-5-4-12(3)10-18/h8-9,11-12,15H,4-7,10H2,1-3H3. The molecule has 1 N–H and O–H groups in total. The highest BCUT2D eigenvalue weighted by molar-refractivity contribution is 5.37. The molecule has 1 fully saturated rings. The summed E-state index contributed by atoms with van der Waals surface area (Å²) < 4.78 is 0. The number of anilines is 1. The van der Waals surface area contributed by atoms with Crippen molar-refractivity contribution in [2.75, 3.05) is 24.5 Å². The van der Waals surface area contributed by atoms with Crippen LogP contribution in [0.4, 0.5) is 5.82 Å². The number of nitrogens with zero attached hydrogens (tertiary/aromatic N) is 3. The molecular formula is C14H24N4. The molecule has 2 heterocycles. The van der Waals surface area contributed by atoms with E-state index in [-0.39, 0.29) is 0 Å². The summed E-state index contributed by atoms with van der Waals surface area (Å²) in [6, 6.07) is 0. The first-order valence-corrected chi connectivity index (χ1v) is 6.91. The van der Waals surface area contributed by atoms with Gasteiger partial charge in [0.2, 0.25) is 0 Å². The summed E-state index contributed by atoms with van der Waals surface area (Å²) >= 11 is 0. The van der Waals surface area contributed by atoms with Crippen molar-refractivity contribution in [1.29, 1.82) is 0 Å². The molecule has 1 saturated heterocycles. The average Bonchev–Trinajstić information content (AvgIpc) is 2.76. The van der Waals surface area contributed by atoms with E-state index in [0.717, 1.165) is 43.6 Å². The second kappa shape index (κ2) is 6.14. The molecule has 1 atom stereocenters. The Bertz CT molecular complexity index is 361. The Hall–Kier alpha value is -1.16. The number of hydrogen-bond donors (Lipinski definition) is 1. The molecule has 4 nitrogen and oxygen atoms in total. The molecule has 1 aromatic rings. The molecule has 0 saturated carbocycles. The average molecular weight is 248 g/mol. The van der Waals surface area contributed by atoms with Crippen molar-refractivity contribution in [3.63, 3.8) is 0 Å². The second-order valence-corrected chi connectivity index (χ2v) is 5.73. The minimum absolute atomic E-state index is 0.670. The first kappa shape index (κ1) is 13.3. The molecule has 2 rings (SSSR count). The number of nitrogens with one attached hydrogen (secondary N) is 1. The summed E-state index contributed by atoms with van der Waals surface area (Å²) in [7, 11) is 0. The fourth-order valence-corrected chi connectivity index (χ4v) is 2.23. The van der Waals surface area contributed by atoms with Crippen LogP contribution in [0.25, 0.3) is 0 Å². The van der Waals surface area contributed by atoms with Gasteiger partial charge in [0.05, 0.1) is 18.1 Å². The maximum atomic E-state index is 4.52. The monoisotopic (exact) mass is 248 g/mol. The molecule has 4 heteroatoms. The predicted molar refractivity (Wildman–Crippen MR) is 74.6 cm³/mol. The molecule has 100 valence electrons. The lowest BCUT2D eigenvalue weighted by atomic mass is 10.2. The van der Waals surface area contributed by atoms with Crippen LogP contribution < -0.4 is 10.2 Å². The second-order valence-electron chi connectivity index (χ2n) is 5.73. The Morgan fingerprint density at radius 1 is 1.39 bits per heavy atom. The van der Waals surface area contributed by atoms with Gasteiger partial charge in [-0.1, -0.05) is 20.8 Å². The zero-order valence-corrected chi connectivity index (χ0v) is 11.7. The van der Waals surface area contributed by atoms with Crippen LogP contribution >= 0.6 is 0 Å². The third kappa shape index (κ3) is 3.67. The van der Waals surface area contributed by atoms with Crippen LogP contribution in [0.15, 0.2) is 12.4 Å². The molecule has 1 aliphatic rings. The molecule has 1 aromatic heterocycles. The normalized spacial score (nSPS) is 19.8. The van der Waals surface area contributed by atoms with Crippen LogP contribution in [0.1, 0.15) is 32.9 Å². The van der Waals surface area contributed by atoms with E-state index in [0.29, 0.717) is 5.92 Å². The van der Waals surface area contributed by atoms with Gasteiger partial charge >= 0.3 is 0 Å². The van der Waals surface area contributed by atoms with E-state index in [9.17, 15) is 0 Å². The summed E-state index contributed by atoms with van der Waals surface area (Å²) in [6.45, 7) is 10.7. The predicted octanol–water partition coefficient (Wildman–Crippen LogP) is 2.07. The van der Waals surface area contributed by atoms with Crippen molar-refractivity contribution in [3.8, 4) is 0 Å². The van der Waals surface area contributed by atoms with Gasteiger partial charge in [0, 0.05) is 19.6 Å². The fourth-order valence-electron chi connectivity index (χ4n) is 2.23. The maximum Gasteiger partial charge on any atom is 0.147 e. The van der Waals surface area contributed by atoms with Crippen molar-refractivity contribution in [2.45, 2.75) is 33.7 Å². The smallest absolute Gasteiger partial charge is 0.147 e. The SMILES string of the molecule is CC(C)CNCc1cnc(N2CCC(C)C2)cn1. The number of aromatic nitrogens is 2. The van der Waals surface area contributed by atoms with Gasteiger partial charge in [-0.25, -0.2) is 4.98 Å². The van der Waals surface area contributed by atoms with E-state index in [2.05, 4.69) is 41.0 Å². The zero-order valence-electron chi connectivity index (χ0n) is 11.7. The minimum atomic E-state index is 0.670. The number of rotatable bonds is 5. The topological polar surface area (TPSA) is 41.1 Å². The van der Waals surface area contributed by atoms with Gasteiger partial charge in [0.25, 0.3) is 0 Å². The van der Waals surface area contributed by atoms with Gasteiger partial charge in [0.15, 0.2) is 0 Å². The lowest BCUT2D eigenvalue weighted by molar-refractivity contribution is 0.547. The molecule has 1 unspecified atom stereocenters. The molecule has 0 aliphatic carbocycles. The van der Waals surface area contributed by atoms with E-state index in [1.807, 2.05) is 12.4 Å². The van der Waals surface area contributed by atoms with Gasteiger partial charge in [-0.3, -0.25) is 4.98 Å². The summed E-state index contributed by atoms with van der Waals surface area (Å²) in [5, 5.41) is 3.38. The summed E-state index contributed by atoms with van der Waals surface area (Å²) in [4.78, 5) is 11.3. The molecule has 1 aliphatic heterocycles. The first-order valence-electron chi connectivity index (χ1n) is 6.91. The number of hydrogen-bond acceptors (Lipinski definition) is 4. The largest absolute Gasteiger partial charge is 0.355 e. The van der Waals surface area contributed by atoms with Crippen LogP contribution in [0.2, 0.25) is 0 Å². The molecule has 0 aromatic carbocycles. The van der Waals surface area contributed by atoms with E-state index in [4.69, 9.17) is 0 Å². The van der Waals surface area contributed by atoms with Crippen molar-refractivity contribution < 1.29 is 0 Å². The van der Waals surface area contributed by atoms with Gasteiger partial charge in [0.1, 0.15) is 5.82 Å². The highest BCUT2D eigenvalue weighted by Gasteiger charge is 2.19. The zero-order chi connectivity index (χ0) is 13.0.